The van der Waals surface area contributed by atoms with Crippen LogP contribution < -0.4 is 5.73 Å². The number of nitrogens with zero attached hydrogens (tertiary/aromatic N) is 1. The molecule has 0 radical (unpaired) electrons. The molecule has 3 aliphatic rings. The van der Waals surface area contributed by atoms with Gasteiger partial charge in [0.05, 0.1) is 11.5 Å². The summed E-state index contributed by atoms with van der Waals surface area (Å²) in [6, 6.07) is 2.72. The van der Waals surface area contributed by atoms with Gasteiger partial charge in [-0.2, -0.15) is 0 Å². The number of amides is 1. The molecule has 1 amide bonds. The SMILES string of the molecule is Cc1ccc(O)c2c1CC1CC3[C@H](N(C)C)CC(C(N)=O)C(=O)[C@@]3(O)C(=O)C1C2=O. The van der Waals surface area contributed by atoms with E-state index in [-0.39, 0.29) is 30.1 Å². The maximum atomic E-state index is 13.5. The third-order valence-electron chi connectivity index (χ3n) is 7.38. The van der Waals surface area contributed by atoms with Gasteiger partial charge in [0.2, 0.25) is 5.91 Å². The Kier molecular flexibility index (Phi) is 4.63. The van der Waals surface area contributed by atoms with E-state index in [1.807, 2.05) is 6.92 Å². The van der Waals surface area contributed by atoms with E-state index in [4.69, 9.17) is 5.73 Å². The smallest absolute Gasteiger partial charge is 0.228 e. The van der Waals surface area contributed by atoms with E-state index >= 15 is 0 Å². The summed E-state index contributed by atoms with van der Waals surface area (Å²) in [5.74, 6) is -7.10. The molecule has 160 valence electrons. The fraction of sp³-hybridized carbons (Fsp3) is 0.545. The number of hydrogen-bond donors (Lipinski definition) is 3. The number of Topliss-reactive ketones (excluding diaryl/α,β-unsaturated/α-hetero) is 3. The number of primary amides is 1. The van der Waals surface area contributed by atoms with Gasteiger partial charge in [0.25, 0.3) is 0 Å². The maximum Gasteiger partial charge on any atom is 0.228 e. The molecule has 4 unspecified atom stereocenters. The van der Waals surface area contributed by atoms with Crippen LogP contribution in [-0.2, 0) is 20.8 Å². The number of aliphatic hydroxyl groups is 1. The molecule has 8 heteroatoms. The summed E-state index contributed by atoms with van der Waals surface area (Å²) in [4.78, 5) is 53.6. The van der Waals surface area contributed by atoms with Crippen LogP contribution in [0, 0.1) is 30.6 Å². The minimum atomic E-state index is -2.44. The molecule has 3 aliphatic carbocycles. The van der Waals surface area contributed by atoms with Crippen molar-refractivity contribution in [2.45, 2.75) is 37.8 Å². The highest BCUT2D eigenvalue weighted by Gasteiger charge is 2.66. The number of rotatable bonds is 2. The first kappa shape index (κ1) is 20.7. The Bertz CT molecular complexity index is 986. The molecule has 2 saturated carbocycles. The molecule has 1 aromatic carbocycles. The second kappa shape index (κ2) is 6.72. The standard InChI is InChI=1S/C22H26N2O6/c1-9-4-5-15(25)17-11(9)6-10-7-13-14(24(2)3)8-12(21(23)29)19(27)22(13,30)20(28)16(10)18(17)26/h4-5,10,12-14,16,25,30H,6-8H2,1-3H3,(H2,23,29)/t10?,12?,13?,14-,16?,22-/m1/s1. The van der Waals surface area contributed by atoms with Crippen molar-refractivity contribution in [2.75, 3.05) is 14.1 Å². The van der Waals surface area contributed by atoms with Gasteiger partial charge >= 0.3 is 0 Å². The molecule has 0 spiro atoms. The molecule has 0 bridgehead atoms. The topological polar surface area (TPSA) is 138 Å². The van der Waals surface area contributed by atoms with Gasteiger partial charge in [0.15, 0.2) is 23.0 Å². The van der Waals surface area contributed by atoms with Crippen LogP contribution in [0.5, 0.6) is 5.75 Å². The average Bonchev–Trinajstić information content (AvgIpc) is 2.66. The monoisotopic (exact) mass is 414 g/mol. The maximum absolute atomic E-state index is 13.5. The van der Waals surface area contributed by atoms with Crippen molar-refractivity contribution in [3.8, 4) is 5.75 Å². The lowest BCUT2D eigenvalue weighted by Gasteiger charge is -2.53. The van der Waals surface area contributed by atoms with E-state index in [0.29, 0.717) is 12.0 Å². The van der Waals surface area contributed by atoms with Crippen molar-refractivity contribution in [1.29, 1.82) is 0 Å². The van der Waals surface area contributed by atoms with E-state index in [1.165, 1.54) is 6.07 Å². The minimum Gasteiger partial charge on any atom is -0.507 e. The van der Waals surface area contributed by atoms with Crippen LogP contribution in [-0.4, -0.2) is 64.1 Å². The Labute approximate surface area is 174 Å². The number of phenols is 1. The van der Waals surface area contributed by atoms with E-state index in [2.05, 4.69) is 0 Å². The normalized spacial score (nSPS) is 35.6. The zero-order valence-corrected chi connectivity index (χ0v) is 17.2. The van der Waals surface area contributed by atoms with Gasteiger partial charge in [0, 0.05) is 12.0 Å². The number of aromatic hydroxyl groups is 1. The highest BCUT2D eigenvalue weighted by atomic mass is 16.3. The predicted octanol–water partition coefficient (Wildman–Crippen LogP) is -0.00358. The third-order valence-corrected chi connectivity index (χ3v) is 7.38. The highest BCUT2D eigenvalue weighted by Crippen LogP contribution is 2.51. The van der Waals surface area contributed by atoms with E-state index in [1.54, 1.807) is 25.1 Å². The van der Waals surface area contributed by atoms with Crippen LogP contribution >= 0.6 is 0 Å². The van der Waals surface area contributed by atoms with Crippen molar-refractivity contribution < 1.29 is 29.4 Å². The molecule has 1 aromatic rings. The molecule has 4 rings (SSSR count). The quantitative estimate of drug-likeness (QED) is 0.579. The van der Waals surface area contributed by atoms with Crippen molar-refractivity contribution in [2.24, 2.45) is 29.4 Å². The lowest BCUT2D eigenvalue weighted by atomic mass is 9.52. The molecular weight excluding hydrogens is 388 g/mol. The summed E-state index contributed by atoms with van der Waals surface area (Å²) in [6.45, 7) is 1.84. The first-order chi connectivity index (χ1) is 14.0. The number of fused-ring (bicyclic) bond motifs is 3. The Morgan fingerprint density at radius 1 is 1.17 bits per heavy atom. The molecule has 30 heavy (non-hydrogen) atoms. The summed E-state index contributed by atoms with van der Waals surface area (Å²) in [6.07, 6.45) is 0.814. The largest absolute Gasteiger partial charge is 0.507 e. The van der Waals surface area contributed by atoms with Crippen molar-refractivity contribution in [1.82, 2.24) is 4.90 Å². The zero-order valence-electron chi connectivity index (χ0n) is 17.2. The number of carbonyl (C=O) groups is 4. The summed E-state index contributed by atoms with van der Waals surface area (Å²) in [5.41, 5.74) is 4.60. The number of benzene rings is 1. The second-order valence-corrected chi connectivity index (χ2v) is 9.12. The van der Waals surface area contributed by atoms with Crippen LogP contribution in [0.2, 0.25) is 0 Å². The van der Waals surface area contributed by atoms with Gasteiger partial charge in [-0.05, 0) is 63.4 Å². The molecule has 2 fully saturated rings. The third kappa shape index (κ3) is 2.60. The van der Waals surface area contributed by atoms with Gasteiger partial charge in [0.1, 0.15) is 11.7 Å². The lowest BCUT2D eigenvalue weighted by Crippen LogP contribution is -2.71. The minimum absolute atomic E-state index is 0.0884. The van der Waals surface area contributed by atoms with Crippen LogP contribution in [0.1, 0.15) is 34.3 Å². The van der Waals surface area contributed by atoms with Gasteiger partial charge in [-0.3, -0.25) is 19.2 Å². The van der Waals surface area contributed by atoms with Gasteiger partial charge < -0.3 is 20.8 Å². The number of aryl methyl sites for hydroxylation is 1. The average molecular weight is 414 g/mol. The molecule has 0 saturated heterocycles. The first-order valence-corrected chi connectivity index (χ1v) is 10.1. The summed E-state index contributed by atoms with van der Waals surface area (Å²) < 4.78 is 0. The Morgan fingerprint density at radius 2 is 1.83 bits per heavy atom. The van der Waals surface area contributed by atoms with E-state index < -0.39 is 52.7 Å². The first-order valence-electron chi connectivity index (χ1n) is 10.1. The number of phenolic OH excluding ortho intramolecular Hbond substituents is 1. The number of hydrogen-bond acceptors (Lipinski definition) is 7. The van der Waals surface area contributed by atoms with Crippen LogP contribution in [0.4, 0.5) is 0 Å². The summed E-state index contributed by atoms with van der Waals surface area (Å²) in [5, 5.41) is 21.7. The van der Waals surface area contributed by atoms with Crippen molar-refractivity contribution in [3.05, 3.63) is 28.8 Å². The van der Waals surface area contributed by atoms with Crippen LogP contribution in [0.15, 0.2) is 12.1 Å². The van der Waals surface area contributed by atoms with Crippen LogP contribution in [0.3, 0.4) is 0 Å². The molecular formula is C22H26N2O6. The predicted molar refractivity (Wildman–Crippen MR) is 106 cm³/mol. The van der Waals surface area contributed by atoms with Crippen molar-refractivity contribution in [3.63, 3.8) is 0 Å². The van der Waals surface area contributed by atoms with Gasteiger partial charge in [-0.15, -0.1) is 0 Å². The van der Waals surface area contributed by atoms with E-state index in [0.717, 1.165) is 5.56 Å². The highest BCUT2D eigenvalue weighted by molar-refractivity contribution is 6.25. The Balaban J connectivity index is 1.85. The summed E-state index contributed by atoms with van der Waals surface area (Å²) >= 11 is 0. The second-order valence-electron chi connectivity index (χ2n) is 9.12. The zero-order chi connectivity index (χ0) is 22.1. The molecule has 8 nitrogen and oxygen atoms in total. The molecule has 0 heterocycles. The van der Waals surface area contributed by atoms with Gasteiger partial charge in [-0.1, -0.05) is 6.07 Å². The molecule has 4 N–H and O–H groups in total. The number of nitrogens with two attached hydrogens (primary N) is 1. The number of carbonyl (C=O) groups excluding carboxylic acids is 4. The number of ketones is 3. The Hall–Kier alpha value is -2.58. The molecule has 0 aliphatic heterocycles. The molecule has 0 aromatic heterocycles. The fourth-order valence-electron chi connectivity index (χ4n) is 5.83. The molecule has 6 atom stereocenters. The van der Waals surface area contributed by atoms with E-state index in [9.17, 15) is 29.4 Å². The van der Waals surface area contributed by atoms with Gasteiger partial charge in [-0.25, -0.2) is 0 Å². The summed E-state index contributed by atoms with van der Waals surface area (Å²) in [7, 11) is 3.53. The van der Waals surface area contributed by atoms with Crippen LogP contribution in [0.25, 0.3) is 0 Å². The lowest BCUT2D eigenvalue weighted by molar-refractivity contribution is -0.179. The fourth-order valence-corrected chi connectivity index (χ4v) is 5.83. The Morgan fingerprint density at radius 3 is 2.43 bits per heavy atom. The van der Waals surface area contributed by atoms with Crippen molar-refractivity contribution >= 4 is 23.3 Å².